The second-order valence-corrected chi connectivity index (χ2v) is 6.47. The monoisotopic (exact) mass is 331 g/mol. The van der Waals surface area contributed by atoms with Gasteiger partial charge in [0.05, 0.1) is 0 Å². The molecule has 24 heavy (non-hydrogen) atoms. The summed E-state index contributed by atoms with van der Waals surface area (Å²) in [7, 11) is 0. The first-order valence-corrected chi connectivity index (χ1v) is 9.08. The first kappa shape index (κ1) is 18.5. The average molecular weight is 331 g/mol. The first-order valence-electron chi connectivity index (χ1n) is 9.08. The van der Waals surface area contributed by atoms with E-state index in [1.807, 2.05) is 24.3 Å². The number of carbonyl (C=O) groups is 2. The van der Waals surface area contributed by atoms with Gasteiger partial charge >= 0.3 is 11.8 Å². The highest BCUT2D eigenvalue weighted by Gasteiger charge is 2.14. The fraction of sp³-hybridized carbons (Fsp3) is 0.579. The van der Waals surface area contributed by atoms with Crippen LogP contribution in [0.25, 0.3) is 0 Å². The number of unbranched alkanes of at least 4 members (excludes halogenated alkanes) is 1. The third-order valence-corrected chi connectivity index (χ3v) is 4.55. The summed E-state index contributed by atoms with van der Waals surface area (Å²) in [5, 5.41) is 8.74. The van der Waals surface area contributed by atoms with Crippen molar-refractivity contribution in [2.24, 2.45) is 5.92 Å². The Morgan fingerprint density at radius 2 is 1.96 bits per heavy atom. The molecule has 0 saturated carbocycles. The van der Waals surface area contributed by atoms with Crippen molar-refractivity contribution in [1.82, 2.24) is 10.6 Å². The first-order chi connectivity index (χ1) is 11.7. The van der Waals surface area contributed by atoms with E-state index >= 15 is 0 Å². The van der Waals surface area contributed by atoms with Crippen LogP contribution >= 0.6 is 0 Å². The molecule has 5 heteroatoms. The van der Waals surface area contributed by atoms with Crippen LogP contribution in [0.5, 0.6) is 0 Å². The van der Waals surface area contributed by atoms with Gasteiger partial charge in [-0.3, -0.25) is 9.59 Å². The van der Waals surface area contributed by atoms with Crippen molar-refractivity contribution in [3.8, 4) is 0 Å². The van der Waals surface area contributed by atoms with E-state index in [0.29, 0.717) is 12.2 Å². The van der Waals surface area contributed by atoms with Gasteiger partial charge in [-0.1, -0.05) is 25.5 Å². The van der Waals surface area contributed by atoms with E-state index in [1.165, 1.54) is 24.8 Å². The third-order valence-electron chi connectivity index (χ3n) is 4.55. The Balaban J connectivity index is 1.59. The molecule has 1 fully saturated rings. The Morgan fingerprint density at radius 3 is 2.62 bits per heavy atom. The van der Waals surface area contributed by atoms with E-state index < -0.39 is 11.8 Å². The molecule has 1 aromatic rings. The minimum absolute atomic E-state index is 0.557. The highest BCUT2D eigenvalue weighted by Crippen LogP contribution is 2.16. The van der Waals surface area contributed by atoms with Crippen molar-refractivity contribution in [3.05, 3.63) is 29.8 Å². The standard InChI is InChI=1S/C19H29N3O2/c1-2-15-8-10-17(11-9-15)22-19(24)18(23)21-13-4-3-6-16-7-5-12-20-14-16/h8-11,16,20H,2-7,12-14H2,1H3,(H,21,23)(H,22,24). The largest absolute Gasteiger partial charge is 0.348 e. The van der Waals surface area contributed by atoms with Gasteiger partial charge in [0.25, 0.3) is 0 Å². The van der Waals surface area contributed by atoms with Gasteiger partial charge in [0.1, 0.15) is 0 Å². The number of nitrogens with one attached hydrogen (secondary N) is 3. The van der Waals surface area contributed by atoms with Crippen LogP contribution in [0.2, 0.25) is 0 Å². The highest BCUT2D eigenvalue weighted by molar-refractivity contribution is 6.39. The van der Waals surface area contributed by atoms with Gasteiger partial charge in [0.15, 0.2) is 0 Å². The van der Waals surface area contributed by atoms with E-state index in [2.05, 4.69) is 22.9 Å². The smallest absolute Gasteiger partial charge is 0.313 e. The number of piperidine rings is 1. The van der Waals surface area contributed by atoms with Crippen LogP contribution in [-0.2, 0) is 16.0 Å². The Labute approximate surface area is 144 Å². The van der Waals surface area contributed by atoms with Crippen molar-refractivity contribution in [2.45, 2.75) is 45.4 Å². The van der Waals surface area contributed by atoms with E-state index in [0.717, 1.165) is 38.3 Å². The molecule has 0 aromatic heterocycles. The molecule has 1 aliphatic rings. The molecule has 0 bridgehead atoms. The van der Waals surface area contributed by atoms with Gasteiger partial charge in [0, 0.05) is 12.2 Å². The lowest BCUT2D eigenvalue weighted by molar-refractivity contribution is -0.136. The Kier molecular flexibility index (Phi) is 7.75. The normalized spacial score (nSPS) is 17.3. The van der Waals surface area contributed by atoms with E-state index in [4.69, 9.17) is 0 Å². The molecule has 132 valence electrons. The molecule has 0 spiro atoms. The number of rotatable bonds is 7. The molecule has 1 saturated heterocycles. The number of hydrogen-bond acceptors (Lipinski definition) is 3. The zero-order valence-corrected chi connectivity index (χ0v) is 14.6. The molecule has 1 aromatic carbocycles. The molecular formula is C19H29N3O2. The lowest BCUT2D eigenvalue weighted by Gasteiger charge is -2.22. The van der Waals surface area contributed by atoms with Crippen LogP contribution in [0.4, 0.5) is 5.69 Å². The maximum absolute atomic E-state index is 11.8. The minimum Gasteiger partial charge on any atom is -0.348 e. The van der Waals surface area contributed by atoms with Crippen LogP contribution in [0, 0.1) is 5.92 Å². The lowest BCUT2D eigenvalue weighted by Crippen LogP contribution is -2.36. The van der Waals surface area contributed by atoms with Crippen molar-refractivity contribution in [2.75, 3.05) is 25.0 Å². The Bertz CT molecular complexity index is 522. The molecule has 0 aliphatic carbocycles. The van der Waals surface area contributed by atoms with Gasteiger partial charge in [-0.15, -0.1) is 0 Å². The van der Waals surface area contributed by atoms with Crippen molar-refractivity contribution in [3.63, 3.8) is 0 Å². The molecule has 3 N–H and O–H groups in total. The molecule has 1 unspecified atom stereocenters. The molecule has 1 aliphatic heterocycles. The lowest BCUT2D eigenvalue weighted by atomic mass is 9.94. The van der Waals surface area contributed by atoms with Crippen molar-refractivity contribution < 1.29 is 9.59 Å². The zero-order valence-electron chi connectivity index (χ0n) is 14.6. The number of aryl methyl sites for hydroxylation is 1. The second-order valence-electron chi connectivity index (χ2n) is 6.47. The maximum Gasteiger partial charge on any atom is 0.313 e. The number of carbonyl (C=O) groups excluding carboxylic acids is 2. The number of amides is 2. The molecule has 0 radical (unpaired) electrons. The summed E-state index contributed by atoms with van der Waals surface area (Å²) in [4.78, 5) is 23.6. The molecule has 2 amide bonds. The number of benzene rings is 1. The van der Waals surface area contributed by atoms with Crippen molar-refractivity contribution >= 4 is 17.5 Å². The van der Waals surface area contributed by atoms with Gasteiger partial charge < -0.3 is 16.0 Å². The van der Waals surface area contributed by atoms with Crippen LogP contribution in [0.1, 0.15) is 44.6 Å². The second kappa shape index (κ2) is 10.1. The van der Waals surface area contributed by atoms with Crippen LogP contribution in [0.3, 0.4) is 0 Å². The maximum atomic E-state index is 11.8. The fourth-order valence-electron chi connectivity index (χ4n) is 3.02. The number of hydrogen-bond donors (Lipinski definition) is 3. The minimum atomic E-state index is -0.601. The number of anilines is 1. The summed E-state index contributed by atoms with van der Waals surface area (Å²) < 4.78 is 0. The fourth-order valence-corrected chi connectivity index (χ4v) is 3.02. The molecule has 2 rings (SSSR count). The van der Waals surface area contributed by atoms with Gasteiger partial charge in [-0.2, -0.15) is 0 Å². The quantitative estimate of drug-likeness (QED) is 0.531. The Morgan fingerprint density at radius 1 is 1.17 bits per heavy atom. The highest BCUT2D eigenvalue weighted by atomic mass is 16.2. The zero-order chi connectivity index (χ0) is 17.2. The summed E-state index contributed by atoms with van der Waals surface area (Å²) in [6, 6.07) is 7.55. The van der Waals surface area contributed by atoms with E-state index in [-0.39, 0.29) is 0 Å². The van der Waals surface area contributed by atoms with Crippen LogP contribution < -0.4 is 16.0 Å². The third kappa shape index (κ3) is 6.32. The summed E-state index contributed by atoms with van der Waals surface area (Å²) in [6.07, 6.45) is 6.72. The van der Waals surface area contributed by atoms with Crippen LogP contribution in [0.15, 0.2) is 24.3 Å². The summed E-state index contributed by atoms with van der Waals surface area (Å²) in [5.74, 6) is -0.395. The summed E-state index contributed by atoms with van der Waals surface area (Å²) in [6.45, 7) is 4.89. The van der Waals surface area contributed by atoms with Crippen molar-refractivity contribution in [1.29, 1.82) is 0 Å². The SMILES string of the molecule is CCc1ccc(NC(=O)C(=O)NCCCCC2CCCNC2)cc1. The van der Waals surface area contributed by atoms with Crippen LogP contribution in [-0.4, -0.2) is 31.4 Å². The summed E-state index contributed by atoms with van der Waals surface area (Å²) in [5.41, 5.74) is 1.85. The van der Waals surface area contributed by atoms with Gasteiger partial charge in [0.2, 0.25) is 0 Å². The molecular weight excluding hydrogens is 302 g/mol. The average Bonchev–Trinajstić information content (AvgIpc) is 2.62. The van der Waals surface area contributed by atoms with E-state index in [9.17, 15) is 9.59 Å². The molecule has 1 heterocycles. The molecule has 1 atom stereocenters. The summed E-state index contributed by atoms with van der Waals surface area (Å²) >= 11 is 0. The Hall–Kier alpha value is -1.88. The van der Waals surface area contributed by atoms with Gasteiger partial charge in [-0.25, -0.2) is 0 Å². The van der Waals surface area contributed by atoms with Gasteiger partial charge in [-0.05, 0) is 68.8 Å². The predicted octanol–water partition coefficient (Wildman–Crippen LogP) is 2.47. The topological polar surface area (TPSA) is 70.2 Å². The predicted molar refractivity (Wildman–Crippen MR) is 96.9 cm³/mol. The molecule has 5 nitrogen and oxygen atoms in total. The van der Waals surface area contributed by atoms with E-state index in [1.54, 1.807) is 0 Å².